The van der Waals surface area contributed by atoms with E-state index in [9.17, 15) is 35.6 Å². The molecule has 8 nitrogen and oxygen atoms in total. The van der Waals surface area contributed by atoms with Gasteiger partial charge in [-0.15, -0.1) is 13.2 Å². The van der Waals surface area contributed by atoms with Crippen molar-refractivity contribution in [2.75, 3.05) is 6.26 Å². The summed E-state index contributed by atoms with van der Waals surface area (Å²) >= 11 is 0. The predicted molar refractivity (Wildman–Crippen MR) is 122 cm³/mol. The van der Waals surface area contributed by atoms with Crippen molar-refractivity contribution < 1.29 is 35.5 Å². The van der Waals surface area contributed by atoms with Gasteiger partial charge in [-0.2, -0.15) is 0 Å². The molecule has 0 fully saturated rings. The lowest BCUT2D eigenvalue weighted by atomic mass is 10.0. The number of pyridine rings is 1. The topological polar surface area (TPSA) is 110 Å². The molecule has 0 bridgehead atoms. The first-order valence-corrected chi connectivity index (χ1v) is 12.1. The number of nitrogens with zero attached hydrogens (tertiary/aromatic N) is 1. The number of ether oxygens (including phenoxy) is 1. The van der Waals surface area contributed by atoms with E-state index in [4.69, 9.17) is 0 Å². The number of carbonyl (C=O) groups excluding carboxylic acids is 1. The zero-order valence-corrected chi connectivity index (χ0v) is 19.2. The first-order chi connectivity index (χ1) is 16.8. The summed E-state index contributed by atoms with van der Waals surface area (Å²) in [6.07, 6.45) is -2.98. The third-order valence-corrected chi connectivity index (χ3v) is 5.69. The molecule has 0 aliphatic heterocycles. The number of alkyl halides is 3. The number of benzene rings is 2. The summed E-state index contributed by atoms with van der Waals surface area (Å²) in [6, 6.07) is 11.5. The van der Waals surface area contributed by atoms with Crippen molar-refractivity contribution in [3.63, 3.8) is 0 Å². The number of aromatic amines is 1. The number of aromatic nitrogens is 2. The Morgan fingerprint density at radius 1 is 1.11 bits per heavy atom. The molecule has 2 N–H and O–H groups in total. The van der Waals surface area contributed by atoms with Crippen LogP contribution >= 0.6 is 0 Å². The van der Waals surface area contributed by atoms with Gasteiger partial charge >= 0.3 is 6.36 Å². The van der Waals surface area contributed by atoms with E-state index in [1.165, 1.54) is 47.2 Å². The highest BCUT2D eigenvalue weighted by Crippen LogP contribution is 2.37. The van der Waals surface area contributed by atoms with Crippen LogP contribution in [0.1, 0.15) is 16.1 Å². The molecule has 0 unspecified atom stereocenters. The van der Waals surface area contributed by atoms with Gasteiger partial charge in [0.05, 0.1) is 12.8 Å². The van der Waals surface area contributed by atoms with Gasteiger partial charge in [0.1, 0.15) is 17.3 Å². The molecule has 0 aliphatic rings. The zero-order valence-electron chi connectivity index (χ0n) is 18.4. The molecular formula is C23H17F4N3O5S. The molecule has 0 radical (unpaired) electrons. The van der Waals surface area contributed by atoms with Crippen LogP contribution in [0.3, 0.4) is 0 Å². The molecule has 1 amide bonds. The van der Waals surface area contributed by atoms with Gasteiger partial charge in [0, 0.05) is 33.8 Å². The molecule has 2 aromatic heterocycles. The number of sulfonamides is 1. The number of hydrogen-bond donors (Lipinski definition) is 2. The molecule has 36 heavy (non-hydrogen) atoms. The highest BCUT2D eigenvalue weighted by Gasteiger charge is 2.32. The minimum absolute atomic E-state index is 0.0246. The number of H-pyrrole nitrogens is 1. The normalized spacial score (nSPS) is 12.0. The third-order valence-electron chi connectivity index (χ3n) is 5.14. The highest BCUT2D eigenvalue weighted by molar-refractivity contribution is 7.89. The molecule has 0 aliphatic carbocycles. The van der Waals surface area contributed by atoms with Gasteiger partial charge in [-0.05, 0) is 36.4 Å². The second-order valence-electron chi connectivity index (χ2n) is 7.74. The smallest absolute Gasteiger partial charge is 0.406 e. The Morgan fingerprint density at radius 3 is 2.47 bits per heavy atom. The summed E-state index contributed by atoms with van der Waals surface area (Å²) in [6.45, 7) is -0.306. The molecule has 2 aromatic carbocycles. The summed E-state index contributed by atoms with van der Waals surface area (Å²) in [7, 11) is -4.09. The monoisotopic (exact) mass is 523 g/mol. The number of hydrogen-bond acceptors (Lipinski definition) is 5. The van der Waals surface area contributed by atoms with E-state index in [1.54, 1.807) is 6.07 Å². The average Bonchev–Trinajstić information content (AvgIpc) is 3.07. The molecule has 0 spiro atoms. The largest absolute Gasteiger partial charge is 0.573 e. The van der Waals surface area contributed by atoms with Crippen molar-refractivity contribution >= 4 is 26.8 Å². The maximum Gasteiger partial charge on any atom is 0.573 e. The van der Waals surface area contributed by atoms with Crippen LogP contribution in [0.25, 0.3) is 22.0 Å². The van der Waals surface area contributed by atoms with Crippen LogP contribution in [0.5, 0.6) is 5.75 Å². The maximum absolute atomic E-state index is 14.5. The van der Waals surface area contributed by atoms with E-state index in [-0.39, 0.29) is 39.8 Å². The second kappa shape index (κ2) is 9.15. The molecule has 2 heterocycles. The second-order valence-corrected chi connectivity index (χ2v) is 9.49. The molecule has 13 heteroatoms. The van der Waals surface area contributed by atoms with Crippen molar-refractivity contribution in [1.29, 1.82) is 0 Å². The van der Waals surface area contributed by atoms with E-state index in [2.05, 4.69) is 9.72 Å². The van der Waals surface area contributed by atoms with E-state index in [0.29, 0.717) is 0 Å². The first-order valence-electron chi connectivity index (χ1n) is 10.2. The molecule has 0 atom stereocenters. The summed E-state index contributed by atoms with van der Waals surface area (Å²) in [4.78, 5) is 28.3. The number of nitrogens with one attached hydrogen (secondary N) is 2. The molecule has 4 rings (SSSR count). The number of fused-ring (bicyclic) bond motifs is 1. The van der Waals surface area contributed by atoms with Crippen molar-refractivity contribution in [2.45, 2.75) is 12.9 Å². The van der Waals surface area contributed by atoms with Gasteiger partial charge < -0.3 is 14.3 Å². The third kappa shape index (κ3) is 5.25. The van der Waals surface area contributed by atoms with Crippen LogP contribution in [0, 0.1) is 5.82 Å². The molecule has 0 saturated heterocycles. The fourth-order valence-corrected chi connectivity index (χ4v) is 4.27. The number of carbonyl (C=O) groups is 1. The van der Waals surface area contributed by atoms with E-state index in [1.807, 2.05) is 4.72 Å². The fourth-order valence-electron chi connectivity index (χ4n) is 3.84. The molecule has 4 aromatic rings. The van der Waals surface area contributed by atoms with Crippen molar-refractivity contribution in [1.82, 2.24) is 14.3 Å². The lowest BCUT2D eigenvalue weighted by molar-refractivity contribution is -0.274. The molecular weight excluding hydrogens is 506 g/mol. The van der Waals surface area contributed by atoms with Crippen LogP contribution in [0.4, 0.5) is 17.6 Å². The van der Waals surface area contributed by atoms with Crippen LogP contribution in [0.2, 0.25) is 0 Å². The van der Waals surface area contributed by atoms with Crippen LogP contribution in [0.15, 0.2) is 65.6 Å². The summed E-state index contributed by atoms with van der Waals surface area (Å²) in [5.41, 5.74) is -1.12. The Labute approximate surface area is 201 Å². The Kier molecular flexibility index (Phi) is 6.35. The fraction of sp³-hybridized carbons (Fsp3) is 0.130. The van der Waals surface area contributed by atoms with E-state index in [0.717, 1.165) is 18.4 Å². The quantitative estimate of drug-likeness (QED) is 0.374. The van der Waals surface area contributed by atoms with E-state index < -0.39 is 39.4 Å². The Bertz CT molecular complexity index is 1640. The average molecular weight is 523 g/mol. The van der Waals surface area contributed by atoms with Crippen molar-refractivity contribution in [3.05, 3.63) is 88.2 Å². The Balaban J connectivity index is 2.10. The first kappa shape index (κ1) is 25.0. The van der Waals surface area contributed by atoms with Crippen LogP contribution < -0.4 is 15.0 Å². The van der Waals surface area contributed by atoms with Crippen LogP contribution in [-0.4, -0.2) is 36.5 Å². The zero-order chi connectivity index (χ0) is 26.3. The lowest BCUT2D eigenvalue weighted by Crippen LogP contribution is -2.32. The Morgan fingerprint density at radius 2 is 1.83 bits per heavy atom. The van der Waals surface area contributed by atoms with Gasteiger partial charge in [0.25, 0.3) is 11.5 Å². The highest BCUT2D eigenvalue weighted by atomic mass is 32.2. The van der Waals surface area contributed by atoms with Gasteiger partial charge in [0.2, 0.25) is 10.0 Å². The van der Waals surface area contributed by atoms with Crippen LogP contribution in [-0.2, 0) is 16.6 Å². The van der Waals surface area contributed by atoms with E-state index >= 15 is 0 Å². The molecule has 0 saturated carbocycles. The lowest BCUT2D eigenvalue weighted by Gasteiger charge is -2.13. The maximum atomic E-state index is 14.5. The van der Waals surface area contributed by atoms with Crippen molar-refractivity contribution in [2.24, 2.45) is 0 Å². The SMILES string of the molecule is CS(=O)(=O)NC(=O)c1c(-c2ccc[nH]c2=O)c2cc(OC(F)(F)F)ccc2n1Cc1ccccc1F. The number of rotatable bonds is 6. The van der Waals surface area contributed by atoms with Gasteiger partial charge in [-0.25, -0.2) is 17.5 Å². The molecule has 188 valence electrons. The van der Waals surface area contributed by atoms with Gasteiger partial charge in [-0.3, -0.25) is 9.59 Å². The Hall–Kier alpha value is -4.13. The van der Waals surface area contributed by atoms with Crippen molar-refractivity contribution in [3.8, 4) is 16.9 Å². The van der Waals surface area contributed by atoms with Gasteiger partial charge in [-0.1, -0.05) is 18.2 Å². The standard InChI is InChI=1S/C23H17F4N3O5S/c1-36(33,34)29-22(32)20-19(15-6-4-10-28-21(15)31)16-11-14(35-23(25,26)27)8-9-18(16)30(20)12-13-5-2-3-7-17(13)24/h2-11H,12H2,1H3,(H,28,31)(H,29,32). The number of halogens is 4. The number of amides is 1. The summed E-state index contributed by atoms with van der Waals surface area (Å²) in [5, 5.41) is -0.0246. The minimum atomic E-state index is -5.02. The summed E-state index contributed by atoms with van der Waals surface area (Å²) < 4.78 is 84.0. The predicted octanol–water partition coefficient (Wildman–Crippen LogP) is 3.77. The summed E-state index contributed by atoms with van der Waals surface area (Å²) in [5.74, 6) is -2.44. The van der Waals surface area contributed by atoms with Gasteiger partial charge in [0.15, 0.2) is 0 Å². The minimum Gasteiger partial charge on any atom is -0.406 e.